The average molecular weight is 287 g/mol. The van der Waals surface area contributed by atoms with Crippen molar-refractivity contribution in [2.45, 2.75) is 31.9 Å². The third-order valence-electron chi connectivity index (χ3n) is 4.62. The van der Waals surface area contributed by atoms with E-state index < -0.39 is 0 Å². The average Bonchev–Trinajstić information content (AvgIpc) is 3.09. The number of aromatic nitrogens is 4. The molecule has 1 aliphatic carbocycles. The summed E-state index contributed by atoms with van der Waals surface area (Å²) in [6.45, 7) is 2.93. The molecule has 4 rings (SSSR count). The lowest BCUT2D eigenvalue weighted by Gasteiger charge is -2.47. The van der Waals surface area contributed by atoms with E-state index in [1.165, 1.54) is 4.52 Å². The molecule has 1 aliphatic heterocycles. The molecule has 1 saturated heterocycles. The van der Waals surface area contributed by atoms with Crippen LogP contribution in [-0.4, -0.2) is 44.2 Å². The van der Waals surface area contributed by atoms with Gasteiger partial charge in [0, 0.05) is 36.9 Å². The highest BCUT2D eigenvalue weighted by Gasteiger charge is 2.53. The molecule has 2 fully saturated rings. The summed E-state index contributed by atoms with van der Waals surface area (Å²) in [6, 6.07) is 1.93. The van der Waals surface area contributed by atoms with Crippen LogP contribution in [-0.2, 0) is 4.74 Å². The zero-order valence-electron chi connectivity index (χ0n) is 11.8. The normalized spacial score (nSPS) is 30.9. The zero-order valence-corrected chi connectivity index (χ0v) is 11.8. The number of nitrogens with one attached hydrogen (secondary N) is 1. The van der Waals surface area contributed by atoms with Gasteiger partial charge in [-0.1, -0.05) is 6.92 Å². The van der Waals surface area contributed by atoms with Crippen molar-refractivity contribution in [2.24, 2.45) is 11.8 Å². The summed E-state index contributed by atoms with van der Waals surface area (Å²) in [5.41, 5.74) is 0. The fourth-order valence-electron chi connectivity index (χ4n) is 3.57. The summed E-state index contributed by atoms with van der Waals surface area (Å²) in [4.78, 5) is 20.6. The van der Waals surface area contributed by atoms with Gasteiger partial charge in [-0.2, -0.15) is 4.98 Å². The van der Waals surface area contributed by atoms with E-state index in [2.05, 4.69) is 27.3 Å². The maximum atomic E-state index is 12.3. The highest BCUT2D eigenvalue weighted by molar-refractivity contribution is 5.91. The highest BCUT2D eigenvalue weighted by Crippen LogP contribution is 2.45. The number of ether oxygens (including phenoxy) is 1. The fraction of sp³-hybridized carbons (Fsp3) is 0.571. The lowest BCUT2D eigenvalue weighted by molar-refractivity contribution is -0.0546. The van der Waals surface area contributed by atoms with Crippen molar-refractivity contribution in [3.63, 3.8) is 0 Å². The van der Waals surface area contributed by atoms with Crippen molar-refractivity contribution in [3.8, 4) is 0 Å². The van der Waals surface area contributed by atoms with Crippen LogP contribution in [0.15, 0.2) is 18.5 Å². The fourth-order valence-corrected chi connectivity index (χ4v) is 3.57. The number of hydrogen-bond acceptors (Lipinski definition) is 5. The maximum absolute atomic E-state index is 12.3. The molecule has 0 spiro atoms. The number of fused-ring (bicyclic) bond motifs is 2. The second kappa shape index (κ2) is 4.77. The van der Waals surface area contributed by atoms with Crippen molar-refractivity contribution in [1.29, 1.82) is 0 Å². The Labute approximate surface area is 121 Å². The standard InChI is InChI=1S/C14H17N5O2/c1-2-8-10(9-4-7-21-11(8)9)16-13(20)12-17-14-15-5-3-6-19(14)18-12/h3,5-6,8-11H,2,4,7H2,1H3,(H,16,20)/t8-,9+,10-,11-/m0/s1. The number of rotatable bonds is 3. The first kappa shape index (κ1) is 12.7. The van der Waals surface area contributed by atoms with Gasteiger partial charge in [-0.3, -0.25) is 4.79 Å². The van der Waals surface area contributed by atoms with Crippen LogP contribution in [0.5, 0.6) is 0 Å². The van der Waals surface area contributed by atoms with Gasteiger partial charge < -0.3 is 10.1 Å². The Morgan fingerprint density at radius 1 is 1.57 bits per heavy atom. The van der Waals surface area contributed by atoms with E-state index in [9.17, 15) is 4.79 Å². The van der Waals surface area contributed by atoms with Crippen molar-refractivity contribution in [3.05, 3.63) is 24.3 Å². The van der Waals surface area contributed by atoms with E-state index in [0.29, 0.717) is 23.7 Å². The van der Waals surface area contributed by atoms with Crippen LogP contribution < -0.4 is 5.32 Å². The summed E-state index contributed by atoms with van der Waals surface area (Å²) in [6.07, 6.45) is 5.70. The van der Waals surface area contributed by atoms with Gasteiger partial charge >= 0.3 is 0 Å². The molecule has 2 aromatic rings. The van der Waals surface area contributed by atoms with Crippen LogP contribution in [0.4, 0.5) is 0 Å². The van der Waals surface area contributed by atoms with Crippen LogP contribution in [0.1, 0.15) is 30.4 Å². The first-order valence-corrected chi connectivity index (χ1v) is 7.38. The Kier molecular flexibility index (Phi) is 2.88. The van der Waals surface area contributed by atoms with Crippen LogP contribution >= 0.6 is 0 Å². The molecular formula is C14H17N5O2. The van der Waals surface area contributed by atoms with Crippen LogP contribution in [0, 0.1) is 11.8 Å². The van der Waals surface area contributed by atoms with Gasteiger partial charge in [0.1, 0.15) is 0 Å². The van der Waals surface area contributed by atoms with Gasteiger partial charge in [0.25, 0.3) is 11.7 Å². The SMILES string of the molecule is CC[C@H]1[C@H](NC(=O)c2nc3ncccn3n2)[C@H]2CCO[C@H]21. The molecule has 2 aliphatic rings. The Morgan fingerprint density at radius 3 is 3.29 bits per heavy atom. The molecule has 7 nitrogen and oxygen atoms in total. The molecule has 21 heavy (non-hydrogen) atoms. The monoisotopic (exact) mass is 287 g/mol. The third-order valence-corrected chi connectivity index (χ3v) is 4.62. The lowest BCUT2D eigenvalue weighted by Crippen LogP contribution is -2.61. The molecule has 0 unspecified atom stereocenters. The number of amides is 1. The topological polar surface area (TPSA) is 81.4 Å². The predicted octanol–water partition coefficient (Wildman–Crippen LogP) is 0.668. The molecular weight excluding hydrogens is 270 g/mol. The summed E-state index contributed by atoms with van der Waals surface area (Å²) >= 11 is 0. The Morgan fingerprint density at radius 2 is 2.48 bits per heavy atom. The van der Waals surface area contributed by atoms with Gasteiger partial charge in [-0.15, -0.1) is 5.10 Å². The molecule has 0 bridgehead atoms. The third kappa shape index (κ3) is 1.91. The minimum absolute atomic E-state index is 0.172. The number of nitrogens with zero attached hydrogens (tertiary/aromatic N) is 4. The van der Waals surface area contributed by atoms with E-state index >= 15 is 0 Å². The smallest absolute Gasteiger partial charge is 0.291 e. The van der Waals surface area contributed by atoms with Crippen LogP contribution in [0.2, 0.25) is 0 Å². The van der Waals surface area contributed by atoms with Gasteiger partial charge in [0.2, 0.25) is 5.82 Å². The number of carbonyl (C=O) groups excluding carboxylic acids is 1. The molecule has 110 valence electrons. The highest BCUT2D eigenvalue weighted by atomic mass is 16.5. The molecule has 2 aromatic heterocycles. The van der Waals surface area contributed by atoms with Gasteiger partial charge in [0.15, 0.2) is 0 Å². The quantitative estimate of drug-likeness (QED) is 0.897. The Balaban J connectivity index is 1.52. The van der Waals surface area contributed by atoms with Crippen LogP contribution in [0.3, 0.4) is 0 Å². The molecule has 3 heterocycles. The Hall–Kier alpha value is -2.02. The van der Waals surface area contributed by atoms with Crippen molar-refractivity contribution < 1.29 is 9.53 Å². The van der Waals surface area contributed by atoms with E-state index in [1.807, 2.05) is 0 Å². The van der Waals surface area contributed by atoms with Gasteiger partial charge in [0.05, 0.1) is 6.10 Å². The second-order valence-electron chi connectivity index (χ2n) is 5.66. The maximum Gasteiger partial charge on any atom is 0.291 e. The van der Waals surface area contributed by atoms with E-state index in [1.54, 1.807) is 18.5 Å². The molecule has 4 atom stereocenters. The minimum Gasteiger partial charge on any atom is -0.377 e. The zero-order chi connectivity index (χ0) is 14.4. The summed E-state index contributed by atoms with van der Waals surface area (Å²) in [5, 5.41) is 7.24. The lowest BCUT2D eigenvalue weighted by atomic mass is 9.65. The molecule has 1 saturated carbocycles. The van der Waals surface area contributed by atoms with Gasteiger partial charge in [-0.25, -0.2) is 9.50 Å². The van der Waals surface area contributed by atoms with Crippen molar-refractivity contribution >= 4 is 11.7 Å². The second-order valence-corrected chi connectivity index (χ2v) is 5.66. The summed E-state index contributed by atoms with van der Waals surface area (Å²) < 4.78 is 7.23. The summed E-state index contributed by atoms with van der Waals surface area (Å²) in [5.74, 6) is 1.22. The van der Waals surface area contributed by atoms with E-state index in [4.69, 9.17) is 4.74 Å². The van der Waals surface area contributed by atoms with Crippen LogP contribution in [0.25, 0.3) is 5.78 Å². The Bertz CT molecular complexity index is 652. The van der Waals surface area contributed by atoms with Crippen molar-refractivity contribution in [1.82, 2.24) is 24.9 Å². The van der Waals surface area contributed by atoms with Crippen molar-refractivity contribution in [2.75, 3.05) is 6.61 Å². The van der Waals surface area contributed by atoms with E-state index in [0.717, 1.165) is 19.4 Å². The first-order valence-electron chi connectivity index (χ1n) is 7.38. The molecule has 1 amide bonds. The van der Waals surface area contributed by atoms with Gasteiger partial charge in [-0.05, 0) is 18.9 Å². The first-order chi connectivity index (χ1) is 10.3. The number of hydrogen-bond donors (Lipinski definition) is 1. The predicted molar refractivity (Wildman–Crippen MR) is 73.7 cm³/mol. The number of carbonyl (C=O) groups is 1. The minimum atomic E-state index is -0.227. The van der Waals surface area contributed by atoms with E-state index in [-0.39, 0.29) is 17.8 Å². The molecule has 0 aromatic carbocycles. The molecule has 7 heteroatoms. The molecule has 0 radical (unpaired) electrons. The largest absolute Gasteiger partial charge is 0.377 e. The summed E-state index contributed by atoms with van der Waals surface area (Å²) in [7, 11) is 0. The molecule has 1 N–H and O–H groups in total.